The second-order valence-electron chi connectivity index (χ2n) is 6.55. The van der Waals surface area contributed by atoms with Gasteiger partial charge in [0, 0.05) is 18.8 Å². The smallest absolute Gasteiger partial charge is 0.260 e. The summed E-state index contributed by atoms with van der Waals surface area (Å²) in [5.41, 5.74) is 3.23. The molecule has 4 rings (SSSR count). The Hall–Kier alpha value is -3.35. The number of fused-ring (bicyclic) bond motifs is 1. The molecule has 0 aliphatic carbocycles. The predicted molar refractivity (Wildman–Crippen MR) is 101 cm³/mol. The summed E-state index contributed by atoms with van der Waals surface area (Å²) in [4.78, 5) is 22.3. The number of ether oxygens (including phenoxy) is 1. The SMILES string of the molecule is Cc1cccn2cc(COc3ccccc3C(=O)NC3=NO[C@H](C)C3)nc12. The fourth-order valence-corrected chi connectivity index (χ4v) is 2.98. The highest BCUT2D eigenvalue weighted by Gasteiger charge is 2.20. The van der Waals surface area contributed by atoms with Crippen molar-refractivity contribution in [1.82, 2.24) is 14.7 Å². The molecule has 0 saturated carbocycles. The van der Waals surface area contributed by atoms with Crippen LogP contribution in [0.5, 0.6) is 5.75 Å². The van der Waals surface area contributed by atoms with E-state index in [0.717, 1.165) is 16.9 Å². The molecule has 7 heteroatoms. The molecule has 3 aromatic rings. The number of aromatic nitrogens is 2. The van der Waals surface area contributed by atoms with Gasteiger partial charge in [0.2, 0.25) is 0 Å². The molecular weight excluding hydrogens is 344 g/mol. The zero-order valence-corrected chi connectivity index (χ0v) is 15.2. The standard InChI is InChI=1S/C20H20N4O3/c1-13-6-5-9-24-11-15(21-19(13)24)12-26-17-8-4-3-7-16(17)20(25)22-18-10-14(2)27-23-18/h3-9,11,14H,10,12H2,1-2H3,(H,22,23,25)/t14-/m1/s1. The van der Waals surface area contributed by atoms with Crippen LogP contribution in [0.25, 0.3) is 5.65 Å². The molecule has 1 aliphatic heterocycles. The third-order valence-electron chi connectivity index (χ3n) is 4.32. The number of pyridine rings is 1. The number of nitrogens with zero attached hydrogens (tertiary/aromatic N) is 3. The van der Waals surface area contributed by atoms with Crippen molar-refractivity contribution in [3.05, 3.63) is 65.6 Å². The number of nitrogens with one attached hydrogen (secondary N) is 1. The topological polar surface area (TPSA) is 77.2 Å². The minimum absolute atomic E-state index is 0.0229. The lowest BCUT2D eigenvalue weighted by atomic mass is 10.2. The predicted octanol–water partition coefficient (Wildman–Crippen LogP) is 3.07. The molecule has 27 heavy (non-hydrogen) atoms. The molecule has 1 amide bonds. The minimum atomic E-state index is -0.270. The Morgan fingerprint density at radius 1 is 1.33 bits per heavy atom. The maximum absolute atomic E-state index is 12.6. The maximum Gasteiger partial charge on any atom is 0.260 e. The molecule has 0 radical (unpaired) electrons. The number of carbonyl (C=O) groups excluding carboxylic acids is 1. The van der Waals surface area contributed by atoms with Crippen molar-refractivity contribution in [2.75, 3.05) is 0 Å². The maximum atomic E-state index is 12.6. The number of hydrogen-bond donors (Lipinski definition) is 1. The van der Waals surface area contributed by atoms with E-state index in [1.165, 1.54) is 0 Å². The van der Waals surface area contributed by atoms with E-state index in [1.807, 2.05) is 48.8 Å². The molecule has 1 atom stereocenters. The first-order valence-electron chi connectivity index (χ1n) is 8.79. The number of amides is 1. The molecule has 1 aliphatic rings. The zero-order chi connectivity index (χ0) is 18.8. The van der Waals surface area contributed by atoms with Crippen LogP contribution in [0.4, 0.5) is 0 Å². The van der Waals surface area contributed by atoms with Gasteiger partial charge in [-0.25, -0.2) is 4.98 Å². The van der Waals surface area contributed by atoms with E-state index in [1.54, 1.807) is 18.2 Å². The van der Waals surface area contributed by atoms with E-state index in [-0.39, 0.29) is 18.6 Å². The molecule has 1 aromatic carbocycles. The van der Waals surface area contributed by atoms with Gasteiger partial charge in [0.1, 0.15) is 24.1 Å². The minimum Gasteiger partial charge on any atom is -0.486 e. The lowest BCUT2D eigenvalue weighted by Gasteiger charge is -2.10. The van der Waals surface area contributed by atoms with Crippen LogP contribution in [-0.4, -0.2) is 27.2 Å². The van der Waals surface area contributed by atoms with Crippen molar-refractivity contribution >= 4 is 17.4 Å². The van der Waals surface area contributed by atoms with E-state index in [2.05, 4.69) is 15.5 Å². The Morgan fingerprint density at radius 2 is 2.19 bits per heavy atom. The molecule has 0 unspecified atom stereocenters. The van der Waals surface area contributed by atoms with Crippen LogP contribution >= 0.6 is 0 Å². The largest absolute Gasteiger partial charge is 0.486 e. The summed E-state index contributed by atoms with van der Waals surface area (Å²) >= 11 is 0. The van der Waals surface area contributed by atoms with Crippen molar-refractivity contribution in [3.8, 4) is 5.75 Å². The molecule has 1 N–H and O–H groups in total. The Balaban J connectivity index is 1.49. The summed E-state index contributed by atoms with van der Waals surface area (Å²) in [6, 6.07) is 11.1. The van der Waals surface area contributed by atoms with Gasteiger partial charge in [-0.1, -0.05) is 23.4 Å². The van der Waals surface area contributed by atoms with Gasteiger partial charge < -0.3 is 19.3 Å². The summed E-state index contributed by atoms with van der Waals surface area (Å²) in [6.07, 6.45) is 4.43. The second kappa shape index (κ2) is 7.11. The van der Waals surface area contributed by atoms with Crippen LogP contribution < -0.4 is 10.1 Å². The second-order valence-corrected chi connectivity index (χ2v) is 6.55. The first kappa shape index (κ1) is 17.1. The molecule has 2 aromatic heterocycles. The molecule has 3 heterocycles. The highest BCUT2D eigenvalue weighted by atomic mass is 16.6. The van der Waals surface area contributed by atoms with Crippen molar-refractivity contribution < 1.29 is 14.4 Å². The van der Waals surface area contributed by atoms with E-state index in [9.17, 15) is 4.79 Å². The first-order valence-corrected chi connectivity index (χ1v) is 8.79. The Kier molecular flexibility index (Phi) is 4.50. The van der Waals surface area contributed by atoms with Crippen LogP contribution in [-0.2, 0) is 11.4 Å². The molecular formula is C20H20N4O3. The zero-order valence-electron chi connectivity index (χ0n) is 15.2. The lowest BCUT2D eigenvalue weighted by Crippen LogP contribution is -2.30. The fraction of sp³-hybridized carbons (Fsp3) is 0.250. The Labute approximate surface area is 156 Å². The Morgan fingerprint density at radius 3 is 2.96 bits per heavy atom. The highest BCUT2D eigenvalue weighted by molar-refractivity contribution is 6.08. The highest BCUT2D eigenvalue weighted by Crippen LogP contribution is 2.20. The van der Waals surface area contributed by atoms with Crippen molar-refractivity contribution in [3.63, 3.8) is 0 Å². The monoisotopic (exact) mass is 364 g/mol. The normalized spacial score (nSPS) is 16.1. The number of para-hydroxylation sites is 1. The van der Waals surface area contributed by atoms with E-state index in [0.29, 0.717) is 23.6 Å². The van der Waals surface area contributed by atoms with Gasteiger partial charge in [0.15, 0.2) is 5.84 Å². The van der Waals surface area contributed by atoms with E-state index in [4.69, 9.17) is 9.57 Å². The van der Waals surface area contributed by atoms with Gasteiger partial charge in [0.05, 0.1) is 11.3 Å². The number of rotatable bonds is 4. The number of amidine groups is 1. The molecule has 0 fully saturated rings. The summed E-state index contributed by atoms with van der Waals surface area (Å²) in [7, 11) is 0. The summed E-state index contributed by atoms with van der Waals surface area (Å²) in [5.74, 6) is 0.752. The number of aryl methyl sites for hydroxylation is 1. The summed E-state index contributed by atoms with van der Waals surface area (Å²) in [5, 5.41) is 6.65. The van der Waals surface area contributed by atoms with Crippen molar-refractivity contribution in [2.24, 2.45) is 5.16 Å². The quantitative estimate of drug-likeness (QED) is 0.772. The van der Waals surface area contributed by atoms with Crippen LogP contribution in [0, 0.1) is 6.92 Å². The van der Waals surface area contributed by atoms with Gasteiger partial charge in [0.25, 0.3) is 5.91 Å². The van der Waals surface area contributed by atoms with Crippen molar-refractivity contribution in [1.29, 1.82) is 0 Å². The van der Waals surface area contributed by atoms with Gasteiger partial charge in [-0.3, -0.25) is 4.79 Å². The van der Waals surface area contributed by atoms with Crippen LogP contribution in [0.3, 0.4) is 0 Å². The van der Waals surface area contributed by atoms with Gasteiger partial charge in [-0.15, -0.1) is 0 Å². The van der Waals surface area contributed by atoms with E-state index >= 15 is 0 Å². The molecule has 0 spiro atoms. The van der Waals surface area contributed by atoms with Crippen molar-refractivity contribution in [2.45, 2.75) is 33.0 Å². The lowest BCUT2D eigenvalue weighted by molar-refractivity contribution is 0.0963. The molecule has 138 valence electrons. The number of carbonyl (C=O) groups is 1. The summed E-state index contributed by atoms with van der Waals surface area (Å²) in [6.45, 7) is 4.19. The molecule has 0 saturated heterocycles. The third kappa shape index (κ3) is 3.62. The van der Waals surface area contributed by atoms with Gasteiger partial charge in [-0.05, 0) is 37.6 Å². The third-order valence-corrected chi connectivity index (χ3v) is 4.32. The molecule has 0 bridgehead atoms. The fourth-order valence-electron chi connectivity index (χ4n) is 2.98. The Bertz CT molecular complexity index is 1020. The van der Waals surface area contributed by atoms with E-state index < -0.39 is 0 Å². The van der Waals surface area contributed by atoms with Crippen LogP contribution in [0.1, 0.15) is 35.0 Å². The number of benzene rings is 1. The van der Waals surface area contributed by atoms with Gasteiger partial charge in [-0.2, -0.15) is 0 Å². The summed E-state index contributed by atoms with van der Waals surface area (Å²) < 4.78 is 7.86. The number of hydrogen-bond acceptors (Lipinski definition) is 5. The number of oxime groups is 1. The average molecular weight is 364 g/mol. The van der Waals surface area contributed by atoms with Crippen LogP contribution in [0.2, 0.25) is 0 Å². The number of imidazole rings is 1. The van der Waals surface area contributed by atoms with Crippen LogP contribution in [0.15, 0.2) is 53.9 Å². The van der Waals surface area contributed by atoms with Gasteiger partial charge >= 0.3 is 0 Å². The molecule has 7 nitrogen and oxygen atoms in total. The first-order chi connectivity index (χ1) is 13.1. The average Bonchev–Trinajstić information content (AvgIpc) is 3.27.